The van der Waals surface area contributed by atoms with Crippen LogP contribution in [0.5, 0.6) is 0 Å². The molecule has 1 fully saturated rings. The Kier molecular flexibility index (Phi) is 5.98. The van der Waals surface area contributed by atoms with E-state index in [0.717, 1.165) is 53.4 Å². The monoisotopic (exact) mass is 414 g/mol. The van der Waals surface area contributed by atoms with Gasteiger partial charge >= 0.3 is 0 Å². The fourth-order valence-corrected chi connectivity index (χ4v) is 4.38. The maximum atomic E-state index is 14.0. The van der Waals surface area contributed by atoms with Crippen LogP contribution >= 0.6 is 23.4 Å². The van der Waals surface area contributed by atoms with E-state index in [4.69, 9.17) is 11.6 Å². The van der Waals surface area contributed by atoms with Crippen LogP contribution in [0.25, 0.3) is 0 Å². The van der Waals surface area contributed by atoms with Crippen molar-refractivity contribution in [2.75, 3.05) is 36.0 Å². The summed E-state index contributed by atoms with van der Waals surface area (Å²) in [6, 6.07) is 16.8. The Morgan fingerprint density at radius 2 is 1.64 bits per heavy atom. The van der Waals surface area contributed by atoms with Crippen LogP contribution in [0.2, 0.25) is 5.02 Å². The van der Waals surface area contributed by atoms with E-state index in [2.05, 4.69) is 19.8 Å². The molecule has 0 unspecified atom stereocenters. The predicted octanol–water partition coefficient (Wildman–Crippen LogP) is 4.89. The highest BCUT2D eigenvalue weighted by atomic mass is 35.5. The SMILES string of the molecule is Fc1ccccc1N1CCN(c2cc(SCc3ccccc3Cl)ncn2)CC1. The highest BCUT2D eigenvalue weighted by Gasteiger charge is 2.20. The fourth-order valence-electron chi connectivity index (χ4n) is 3.23. The van der Waals surface area contributed by atoms with Gasteiger partial charge in [-0.2, -0.15) is 0 Å². The van der Waals surface area contributed by atoms with Crippen LogP contribution < -0.4 is 9.80 Å². The minimum atomic E-state index is -0.170. The third-order valence-electron chi connectivity index (χ3n) is 4.76. The van der Waals surface area contributed by atoms with Crippen molar-refractivity contribution >= 4 is 34.9 Å². The maximum absolute atomic E-state index is 14.0. The van der Waals surface area contributed by atoms with Crippen LogP contribution in [-0.2, 0) is 5.75 Å². The Labute approximate surface area is 173 Å². The van der Waals surface area contributed by atoms with Gasteiger partial charge in [-0.25, -0.2) is 14.4 Å². The van der Waals surface area contributed by atoms with Gasteiger partial charge in [0, 0.05) is 43.0 Å². The first kappa shape index (κ1) is 19.0. The molecule has 1 aliphatic heterocycles. The molecular weight excluding hydrogens is 395 g/mol. The first-order chi connectivity index (χ1) is 13.7. The Morgan fingerprint density at radius 3 is 2.43 bits per heavy atom. The first-order valence-corrected chi connectivity index (χ1v) is 10.5. The summed E-state index contributed by atoms with van der Waals surface area (Å²) < 4.78 is 14.0. The summed E-state index contributed by atoms with van der Waals surface area (Å²) in [4.78, 5) is 13.1. The number of para-hydroxylation sites is 1. The molecule has 3 aromatic rings. The Balaban J connectivity index is 1.39. The van der Waals surface area contributed by atoms with Gasteiger partial charge in [0.05, 0.1) is 5.69 Å². The number of thioether (sulfide) groups is 1. The smallest absolute Gasteiger partial charge is 0.146 e. The Hall–Kier alpha value is -2.31. The second kappa shape index (κ2) is 8.80. The molecule has 0 N–H and O–H groups in total. The predicted molar refractivity (Wildman–Crippen MR) is 114 cm³/mol. The molecular formula is C21H20ClFN4S. The van der Waals surface area contributed by atoms with E-state index in [1.807, 2.05) is 42.5 Å². The van der Waals surface area contributed by atoms with Crippen LogP contribution in [0.4, 0.5) is 15.9 Å². The average molecular weight is 415 g/mol. The number of benzene rings is 2. The van der Waals surface area contributed by atoms with E-state index < -0.39 is 0 Å². The highest BCUT2D eigenvalue weighted by Crippen LogP contribution is 2.27. The molecule has 0 bridgehead atoms. The normalized spacial score (nSPS) is 14.4. The summed E-state index contributed by atoms with van der Waals surface area (Å²) in [7, 11) is 0. The van der Waals surface area contributed by atoms with Gasteiger partial charge < -0.3 is 9.80 Å². The number of hydrogen-bond acceptors (Lipinski definition) is 5. The number of anilines is 2. The third-order valence-corrected chi connectivity index (χ3v) is 6.10. The molecule has 0 atom stereocenters. The first-order valence-electron chi connectivity index (χ1n) is 9.13. The summed E-state index contributed by atoms with van der Waals surface area (Å²) in [5.41, 5.74) is 1.76. The summed E-state index contributed by atoms with van der Waals surface area (Å²) in [5.74, 6) is 1.50. The molecule has 144 valence electrons. The molecule has 2 aromatic carbocycles. The van der Waals surface area contributed by atoms with Crippen molar-refractivity contribution in [3.63, 3.8) is 0 Å². The van der Waals surface area contributed by atoms with E-state index in [1.165, 1.54) is 6.07 Å². The van der Waals surface area contributed by atoms with E-state index in [9.17, 15) is 4.39 Å². The number of hydrogen-bond donors (Lipinski definition) is 0. The zero-order valence-electron chi connectivity index (χ0n) is 15.3. The summed E-state index contributed by atoms with van der Waals surface area (Å²) in [5, 5.41) is 1.69. The average Bonchev–Trinajstić information content (AvgIpc) is 2.74. The van der Waals surface area contributed by atoms with Crippen molar-refractivity contribution in [2.45, 2.75) is 10.8 Å². The lowest BCUT2D eigenvalue weighted by Crippen LogP contribution is -2.47. The van der Waals surface area contributed by atoms with Gasteiger partial charge in [-0.1, -0.05) is 41.9 Å². The number of piperazine rings is 1. The second-order valence-electron chi connectivity index (χ2n) is 6.52. The van der Waals surface area contributed by atoms with Crippen molar-refractivity contribution in [2.24, 2.45) is 0 Å². The maximum Gasteiger partial charge on any atom is 0.146 e. The highest BCUT2D eigenvalue weighted by molar-refractivity contribution is 7.98. The van der Waals surface area contributed by atoms with Crippen LogP contribution in [0.1, 0.15) is 5.56 Å². The van der Waals surface area contributed by atoms with Crippen LogP contribution in [-0.4, -0.2) is 36.1 Å². The molecule has 2 heterocycles. The summed E-state index contributed by atoms with van der Waals surface area (Å²) >= 11 is 7.88. The molecule has 0 aliphatic carbocycles. The molecule has 1 aliphatic rings. The van der Waals surface area contributed by atoms with E-state index in [-0.39, 0.29) is 5.82 Å². The van der Waals surface area contributed by atoms with Crippen molar-refractivity contribution in [3.8, 4) is 0 Å². The summed E-state index contributed by atoms with van der Waals surface area (Å²) in [6.07, 6.45) is 1.60. The van der Waals surface area contributed by atoms with E-state index >= 15 is 0 Å². The number of aromatic nitrogens is 2. The van der Waals surface area contributed by atoms with Gasteiger partial charge in [0.1, 0.15) is 23.0 Å². The zero-order valence-corrected chi connectivity index (χ0v) is 16.8. The van der Waals surface area contributed by atoms with Crippen molar-refractivity contribution < 1.29 is 4.39 Å². The lowest BCUT2D eigenvalue weighted by molar-refractivity contribution is 0.595. The Bertz CT molecular complexity index is 947. The summed E-state index contributed by atoms with van der Waals surface area (Å²) in [6.45, 7) is 3.10. The molecule has 28 heavy (non-hydrogen) atoms. The van der Waals surface area contributed by atoms with Crippen LogP contribution in [0.15, 0.2) is 66.0 Å². The minimum absolute atomic E-state index is 0.170. The quantitative estimate of drug-likeness (QED) is 0.438. The van der Waals surface area contributed by atoms with E-state index in [0.29, 0.717) is 5.69 Å². The molecule has 1 aromatic heterocycles. The van der Waals surface area contributed by atoms with Crippen LogP contribution in [0.3, 0.4) is 0 Å². The van der Waals surface area contributed by atoms with E-state index in [1.54, 1.807) is 24.2 Å². The minimum Gasteiger partial charge on any atom is -0.366 e. The number of rotatable bonds is 5. The van der Waals surface area contributed by atoms with Crippen molar-refractivity contribution in [1.29, 1.82) is 0 Å². The van der Waals surface area contributed by atoms with Gasteiger partial charge in [0.25, 0.3) is 0 Å². The van der Waals surface area contributed by atoms with Gasteiger partial charge in [-0.15, -0.1) is 11.8 Å². The topological polar surface area (TPSA) is 32.3 Å². The van der Waals surface area contributed by atoms with Crippen LogP contribution in [0, 0.1) is 5.82 Å². The molecule has 0 radical (unpaired) electrons. The molecule has 1 saturated heterocycles. The lowest BCUT2D eigenvalue weighted by atomic mass is 10.2. The van der Waals surface area contributed by atoms with Crippen molar-refractivity contribution in [1.82, 2.24) is 9.97 Å². The Morgan fingerprint density at radius 1 is 0.929 bits per heavy atom. The molecule has 0 spiro atoms. The zero-order chi connectivity index (χ0) is 19.3. The van der Waals surface area contributed by atoms with Gasteiger partial charge in [-0.3, -0.25) is 0 Å². The number of halogens is 2. The number of nitrogens with zero attached hydrogens (tertiary/aromatic N) is 4. The molecule has 0 amide bonds. The van der Waals surface area contributed by atoms with Gasteiger partial charge in [-0.05, 0) is 23.8 Å². The van der Waals surface area contributed by atoms with Crippen molar-refractivity contribution in [3.05, 3.63) is 77.3 Å². The van der Waals surface area contributed by atoms with Gasteiger partial charge in [0.2, 0.25) is 0 Å². The molecule has 4 rings (SSSR count). The largest absolute Gasteiger partial charge is 0.366 e. The lowest BCUT2D eigenvalue weighted by Gasteiger charge is -2.36. The second-order valence-corrected chi connectivity index (χ2v) is 7.92. The fraction of sp³-hybridized carbons (Fsp3) is 0.238. The molecule has 4 nitrogen and oxygen atoms in total. The molecule has 7 heteroatoms. The third kappa shape index (κ3) is 4.39. The molecule has 0 saturated carbocycles. The van der Waals surface area contributed by atoms with Gasteiger partial charge in [0.15, 0.2) is 0 Å². The standard InChI is InChI=1S/C21H20ClFN4S/c22-17-6-2-1-5-16(17)14-28-21-13-20(24-15-25-21)27-11-9-26(10-12-27)19-8-4-3-7-18(19)23/h1-8,13,15H,9-12,14H2.